The maximum atomic E-state index is 12.7. The summed E-state index contributed by atoms with van der Waals surface area (Å²) >= 11 is 0. The maximum absolute atomic E-state index is 12.7. The zero-order valence-corrected chi connectivity index (χ0v) is 13.8. The lowest BCUT2D eigenvalue weighted by molar-refractivity contribution is -0.145. The molecule has 4 rings (SSSR count). The Balaban J connectivity index is 1.29. The van der Waals surface area contributed by atoms with E-state index in [-0.39, 0.29) is 23.3 Å². The van der Waals surface area contributed by atoms with Gasteiger partial charge in [0.2, 0.25) is 11.8 Å². The summed E-state index contributed by atoms with van der Waals surface area (Å²) in [6.07, 6.45) is 5.37. The Hall–Kier alpha value is -2.04. The van der Waals surface area contributed by atoms with Crippen LogP contribution in [0.2, 0.25) is 0 Å². The molecule has 1 spiro atoms. The number of nitrogens with one attached hydrogen (secondary N) is 1. The van der Waals surface area contributed by atoms with E-state index in [1.54, 1.807) is 12.1 Å². The highest BCUT2D eigenvalue weighted by atomic mass is 16.3. The molecule has 0 radical (unpaired) electrons. The third-order valence-corrected chi connectivity index (χ3v) is 5.97. The summed E-state index contributed by atoms with van der Waals surface area (Å²) < 4.78 is 0. The SMILES string of the molecule is O=C1CCC2(CN(C(=O)[C@H]3CC[C@H](c4ccc(O)cc4)CC3)C2)N1. The van der Waals surface area contributed by atoms with Gasteiger partial charge in [-0.3, -0.25) is 9.59 Å². The normalized spacial score (nSPS) is 28.5. The number of rotatable bonds is 2. The van der Waals surface area contributed by atoms with Crippen LogP contribution in [0.4, 0.5) is 0 Å². The van der Waals surface area contributed by atoms with Crippen LogP contribution in [0.1, 0.15) is 50.0 Å². The van der Waals surface area contributed by atoms with E-state index in [1.807, 2.05) is 17.0 Å². The minimum atomic E-state index is -0.115. The van der Waals surface area contributed by atoms with Crippen molar-refractivity contribution in [3.63, 3.8) is 0 Å². The second kappa shape index (κ2) is 5.80. The Bertz CT molecular complexity index is 641. The molecule has 2 aliphatic heterocycles. The molecule has 1 aromatic carbocycles. The van der Waals surface area contributed by atoms with Crippen molar-refractivity contribution in [2.24, 2.45) is 5.92 Å². The van der Waals surface area contributed by atoms with Gasteiger partial charge in [0, 0.05) is 25.4 Å². The van der Waals surface area contributed by atoms with Gasteiger partial charge in [-0.25, -0.2) is 0 Å². The molecule has 2 N–H and O–H groups in total. The lowest BCUT2D eigenvalue weighted by Crippen LogP contribution is -2.69. The van der Waals surface area contributed by atoms with E-state index in [9.17, 15) is 14.7 Å². The van der Waals surface area contributed by atoms with Crippen LogP contribution >= 0.6 is 0 Å². The molecule has 5 heteroatoms. The summed E-state index contributed by atoms with van der Waals surface area (Å²) in [6, 6.07) is 7.46. The fourth-order valence-electron chi connectivity index (χ4n) is 4.53. The number of carbonyl (C=O) groups is 2. The number of aromatic hydroxyl groups is 1. The average Bonchev–Trinajstić information content (AvgIpc) is 2.96. The first kappa shape index (κ1) is 15.5. The number of hydrogen-bond donors (Lipinski definition) is 2. The Morgan fingerprint density at radius 3 is 2.38 bits per heavy atom. The van der Waals surface area contributed by atoms with Crippen molar-refractivity contribution in [3.05, 3.63) is 29.8 Å². The lowest BCUT2D eigenvalue weighted by atomic mass is 9.77. The predicted molar refractivity (Wildman–Crippen MR) is 89.5 cm³/mol. The molecule has 1 aliphatic carbocycles. The number of hydrogen-bond acceptors (Lipinski definition) is 3. The fourth-order valence-corrected chi connectivity index (χ4v) is 4.53. The van der Waals surface area contributed by atoms with Crippen LogP contribution in [-0.4, -0.2) is 40.4 Å². The number of amides is 2. The van der Waals surface area contributed by atoms with Gasteiger partial charge in [-0.05, 0) is 55.7 Å². The third-order valence-electron chi connectivity index (χ3n) is 5.97. The van der Waals surface area contributed by atoms with Crippen molar-refractivity contribution in [3.8, 4) is 5.75 Å². The monoisotopic (exact) mass is 328 g/mol. The number of benzene rings is 1. The van der Waals surface area contributed by atoms with Gasteiger partial charge in [-0.1, -0.05) is 12.1 Å². The highest BCUT2D eigenvalue weighted by molar-refractivity contribution is 5.83. The average molecular weight is 328 g/mol. The van der Waals surface area contributed by atoms with Crippen molar-refractivity contribution in [1.29, 1.82) is 0 Å². The minimum absolute atomic E-state index is 0.115. The maximum Gasteiger partial charge on any atom is 0.225 e. The van der Waals surface area contributed by atoms with Gasteiger partial charge >= 0.3 is 0 Å². The van der Waals surface area contributed by atoms with Crippen molar-refractivity contribution in [2.75, 3.05) is 13.1 Å². The second-order valence-electron chi connectivity index (χ2n) is 7.66. The van der Waals surface area contributed by atoms with Crippen LogP contribution in [0, 0.1) is 5.92 Å². The van der Waals surface area contributed by atoms with Crippen molar-refractivity contribution < 1.29 is 14.7 Å². The molecule has 1 aromatic rings. The number of likely N-dealkylation sites (tertiary alicyclic amines) is 1. The molecule has 0 unspecified atom stereocenters. The van der Waals surface area contributed by atoms with Gasteiger partial charge < -0.3 is 15.3 Å². The molecule has 128 valence electrons. The second-order valence-corrected chi connectivity index (χ2v) is 7.66. The lowest BCUT2D eigenvalue weighted by Gasteiger charge is -2.49. The fraction of sp³-hybridized carbons (Fsp3) is 0.579. The Kier molecular flexibility index (Phi) is 3.74. The summed E-state index contributed by atoms with van der Waals surface area (Å²) in [7, 11) is 0. The molecular weight excluding hydrogens is 304 g/mol. The van der Waals surface area contributed by atoms with Gasteiger partial charge in [0.05, 0.1) is 5.54 Å². The van der Waals surface area contributed by atoms with E-state index in [0.29, 0.717) is 31.2 Å². The van der Waals surface area contributed by atoms with Crippen molar-refractivity contribution in [1.82, 2.24) is 10.2 Å². The van der Waals surface area contributed by atoms with Gasteiger partial charge in [-0.15, -0.1) is 0 Å². The molecule has 24 heavy (non-hydrogen) atoms. The summed E-state index contributed by atoms with van der Waals surface area (Å²) in [5.41, 5.74) is 1.14. The predicted octanol–water partition coefficient (Wildman–Crippen LogP) is 2.16. The first-order valence-corrected chi connectivity index (χ1v) is 8.93. The standard InChI is InChI=1S/C19H24N2O3/c22-16-7-5-14(6-8-16)13-1-3-15(4-2-13)18(24)21-11-19(12-21)10-9-17(23)20-19/h5-8,13,15,22H,1-4,9-12H2,(H,20,23)/t13-,15-. The van der Waals surface area contributed by atoms with Gasteiger partial charge in [0.15, 0.2) is 0 Å². The Morgan fingerprint density at radius 2 is 1.79 bits per heavy atom. The molecule has 0 atom stereocenters. The van der Waals surface area contributed by atoms with Crippen LogP contribution in [0.3, 0.4) is 0 Å². The van der Waals surface area contributed by atoms with Crippen LogP contribution in [-0.2, 0) is 9.59 Å². The molecule has 2 saturated heterocycles. The molecule has 3 aliphatic rings. The highest BCUT2D eigenvalue weighted by Crippen LogP contribution is 2.39. The first-order chi connectivity index (χ1) is 11.5. The minimum Gasteiger partial charge on any atom is -0.508 e. The van der Waals surface area contributed by atoms with E-state index >= 15 is 0 Å². The van der Waals surface area contributed by atoms with Gasteiger partial charge in [0.25, 0.3) is 0 Å². The molecule has 2 amide bonds. The molecule has 5 nitrogen and oxygen atoms in total. The third kappa shape index (κ3) is 2.76. The van der Waals surface area contributed by atoms with E-state index in [2.05, 4.69) is 5.32 Å². The molecule has 0 aromatic heterocycles. The van der Waals surface area contributed by atoms with E-state index in [4.69, 9.17) is 0 Å². The summed E-state index contributed by atoms with van der Waals surface area (Å²) in [4.78, 5) is 26.0. The summed E-state index contributed by atoms with van der Waals surface area (Å²) in [5.74, 6) is 1.31. The largest absolute Gasteiger partial charge is 0.508 e. The molecule has 1 saturated carbocycles. The zero-order valence-electron chi connectivity index (χ0n) is 13.8. The van der Waals surface area contributed by atoms with Crippen LogP contribution in [0.15, 0.2) is 24.3 Å². The van der Waals surface area contributed by atoms with Crippen molar-refractivity contribution in [2.45, 2.75) is 50.0 Å². The van der Waals surface area contributed by atoms with Gasteiger partial charge in [0.1, 0.15) is 5.75 Å². The number of phenols is 1. The highest BCUT2D eigenvalue weighted by Gasteiger charge is 2.50. The van der Waals surface area contributed by atoms with E-state index in [0.717, 1.165) is 32.1 Å². The molecule has 2 heterocycles. The Morgan fingerprint density at radius 1 is 1.12 bits per heavy atom. The number of nitrogens with zero attached hydrogens (tertiary/aromatic N) is 1. The zero-order chi connectivity index (χ0) is 16.7. The Labute approximate surface area is 142 Å². The van der Waals surface area contributed by atoms with Crippen LogP contribution in [0.5, 0.6) is 5.75 Å². The summed E-state index contributed by atoms with van der Waals surface area (Å²) in [5, 5.41) is 12.4. The quantitative estimate of drug-likeness (QED) is 0.874. The number of phenolic OH excluding ortho intramolecular Hbond substituents is 1. The topological polar surface area (TPSA) is 69.6 Å². The van der Waals surface area contributed by atoms with Crippen molar-refractivity contribution >= 4 is 11.8 Å². The van der Waals surface area contributed by atoms with Crippen LogP contribution in [0.25, 0.3) is 0 Å². The number of carbonyl (C=O) groups excluding carboxylic acids is 2. The molecule has 0 bridgehead atoms. The molecular formula is C19H24N2O3. The van der Waals surface area contributed by atoms with Gasteiger partial charge in [-0.2, -0.15) is 0 Å². The van der Waals surface area contributed by atoms with Crippen LogP contribution < -0.4 is 5.32 Å². The summed E-state index contributed by atoms with van der Waals surface area (Å²) in [6.45, 7) is 1.38. The van der Waals surface area contributed by atoms with E-state index in [1.165, 1.54) is 5.56 Å². The smallest absolute Gasteiger partial charge is 0.225 e. The molecule has 3 fully saturated rings. The first-order valence-electron chi connectivity index (χ1n) is 8.93. The van der Waals surface area contributed by atoms with E-state index < -0.39 is 0 Å².